The molecule has 0 aliphatic rings. The Morgan fingerprint density at radius 3 is 2.33 bits per heavy atom. The van der Waals surface area contributed by atoms with E-state index >= 15 is 0 Å². The van der Waals surface area contributed by atoms with Gasteiger partial charge in [-0.3, -0.25) is 0 Å². The van der Waals surface area contributed by atoms with Crippen molar-refractivity contribution in [3.8, 4) is 0 Å². The van der Waals surface area contributed by atoms with E-state index in [1.807, 2.05) is 31.2 Å². The van der Waals surface area contributed by atoms with Crippen molar-refractivity contribution in [1.82, 2.24) is 0 Å². The van der Waals surface area contributed by atoms with Crippen LogP contribution in [0.1, 0.15) is 18.5 Å². The second-order valence-corrected chi connectivity index (χ2v) is 4.89. The standard InChI is InChI=1S/C14H12Cl2FN/c1-9(10-2-7-14(17)13(16)8-10)18-12-5-3-11(15)4-6-12/h2-9,18H,1H3. The molecule has 4 heteroatoms. The minimum atomic E-state index is -0.404. The van der Waals surface area contributed by atoms with Gasteiger partial charge < -0.3 is 5.32 Å². The highest BCUT2D eigenvalue weighted by Gasteiger charge is 2.08. The highest BCUT2D eigenvalue weighted by atomic mass is 35.5. The van der Waals surface area contributed by atoms with Crippen molar-refractivity contribution in [2.45, 2.75) is 13.0 Å². The van der Waals surface area contributed by atoms with E-state index in [2.05, 4.69) is 5.32 Å². The van der Waals surface area contributed by atoms with E-state index in [0.29, 0.717) is 5.02 Å². The summed E-state index contributed by atoms with van der Waals surface area (Å²) in [5.41, 5.74) is 1.88. The van der Waals surface area contributed by atoms with E-state index < -0.39 is 5.82 Å². The Morgan fingerprint density at radius 1 is 1.06 bits per heavy atom. The zero-order chi connectivity index (χ0) is 13.1. The molecule has 0 amide bonds. The predicted octanol–water partition coefficient (Wildman–Crippen LogP) is 5.31. The topological polar surface area (TPSA) is 12.0 Å². The molecule has 2 aromatic carbocycles. The zero-order valence-electron chi connectivity index (χ0n) is 9.75. The quantitative estimate of drug-likeness (QED) is 0.805. The molecular formula is C14H12Cl2FN. The molecule has 1 unspecified atom stereocenters. The molecule has 2 aromatic rings. The van der Waals surface area contributed by atoms with Crippen LogP contribution in [0, 0.1) is 5.82 Å². The second-order valence-electron chi connectivity index (χ2n) is 4.05. The zero-order valence-corrected chi connectivity index (χ0v) is 11.3. The van der Waals surface area contributed by atoms with Gasteiger partial charge in [-0.15, -0.1) is 0 Å². The third-order valence-electron chi connectivity index (χ3n) is 2.67. The van der Waals surface area contributed by atoms with Crippen LogP contribution in [0.2, 0.25) is 10.0 Å². The SMILES string of the molecule is CC(Nc1ccc(Cl)cc1)c1ccc(F)c(Cl)c1. The fourth-order valence-corrected chi connectivity index (χ4v) is 1.98. The average molecular weight is 284 g/mol. The summed E-state index contributed by atoms with van der Waals surface area (Å²) in [5.74, 6) is -0.404. The Labute approximate surface area is 116 Å². The highest BCUT2D eigenvalue weighted by molar-refractivity contribution is 6.31. The van der Waals surface area contributed by atoms with Gasteiger partial charge in [0.15, 0.2) is 0 Å². The van der Waals surface area contributed by atoms with Crippen LogP contribution in [0.5, 0.6) is 0 Å². The van der Waals surface area contributed by atoms with Crippen molar-refractivity contribution < 1.29 is 4.39 Å². The van der Waals surface area contributed by atoms with Crippen LogP contribution in [0.4, 0.5) is 10.1 Å². The molecule has 1 N–H and O–H groups in total. The van der Waals surface area contributed by atoms with Crippen molar-refractivity contribution in [3.63, 3.8) is 0 Å². The minimum Gasteiger partial charge on any atom is -0.379 e. The predicted molar refractivity (Wildman–Crippen MR) is 74.9 cm³/mol. The van der Waals surface area contributed by atoms with E-state index in [9.17, 15) is 4.39 Å². The lowest BCUT2D eigenvalue weighted by atomic mass is 10.1. The third-order valence-corrected chi connectivity index (χ3v) is 3.21. The molecule has 0 aliphatic heterocycles. The first-order valence-electron chi connectivity index (χ1n) is 5.53. The smallest absolute Gasteiger partial charge is 0.141 e. The molecule has 0 fully saturated rings. The van der Waals surface area contributed by atoms with Crippen molar-refractivity contribution in [2.75, 3.05) is 5.32 Å². The van der Waals surface area contributed by atoms with E-state index in [1.165, 1.54) is 6.07 Å². The number of halogens is 3. The number of hydrogen-bond acceptors (Lipinski definition) is 1. The molecule has 1 nitrogen and oxygen atoms in total. The monoisotopic (exact) mass is 283 g/mol. The lowest BCUT2D eigenvalue weighted by Crippen LogP contribution is -2.06. The molecule has 0 radical (unpaired) electrons. The lowest BCUT2D eigenvalue weighted by molar-refractivity contribution is 0.627. The summed E-state index contributed by atoms with van der Waals surface area (Å²) in [6.07, 6.45) is 0. The van der Waals surface area contributed by atoms with Gasteiger partial charge in [-0.1, -0.05) is 29.3 Å². The second kappa shape index (κ2) is 5.59. The number of nitrogens with one attached hydrogen (secondary N) is 1. The molecule has 0 aromatic heterocycles. The van der Waals surface area contributed by atoms with Crippen LogP contribution in [-0.4, -0.2) is 0 Å². The van der Waals surface area contributed by atoms with E-state index in [1.54, 1.807) is 12.1 Å². The average Bonchev–Trinajstić information content (AvgIpc) is 2.35. The van der Waals surface area contributed by atoms with E-state index in [-0.39, 0.29) is 11.1 Å². The van der Waals surface area contributed by atoms with Gasteiger partial charge in [-0.05, 0) is 48.9 Å². The summed E-state index contributed by atoms with van der Waals surface area (Å²) in [4.78, 5) is 0. The molecule has 0 aliphatic carbocycles. The summed E-state index contributed by atoms with van der Waals surface area (Å²) in [6.45, 7) is 1.98. The molecule has 1 atom stereocenters. The Hall–Kier alpha value is -1.25. The van der Waals surface area contributed by atoms with Crippen molar-refractivity contribution >= 4 is 28.9 Å². The van der Waals surface area contributed by atoms with Gasteiger partial charge in [-0.2, -0.15) is 0 Å². The van der Waals surface area contributed by atoms with Crippen LogP contribution in [0.15, 0.2) is 42.5 Å². The first-order valence-corrected chi connectivity index (χ1v) is 6.29. The molecule has 2 rings (SSSR count). The Morgan fingerprint density at radius 2 is 1.72 bits per heavy atom. The maximum atomic E-state index is 13.1. The van der Waals surface area contributed by atoms with Gasteiger partial charge in [0, 0.05) is 16.8 Å². The first kappa shape index (κ1) is 13.2. The summed E-state index contributed by atoms with van der Waals surface area (Å²) in [5, 5.41) is 4.12. The largest absolute Gasteiger partial charge is 0.379 e. The van der Waals surface area contributed by atoms with Crippen molar-refractivity contribution in [2.24, 2.45) is 0 Å². The van der Waals surface area contributed by atoms with E-state index in [0.717, 1.165) is 11.3 Å². The molecule has 0 saturated carbocycles. The molecule has 94 valence electrons. The molecule has 0 heterocycles. The van der Waals surface area contributed by atoms with Gasteiger partial charge in [0.2, 0.25) is 0 Å². The van der Waals surface area contributed by atoms with Crippen molar-refractivity contribution in [3.05, 3.63) is 63.9 Å². The Balaban J connectivity index is 2.13. The molecular weight excluding hydrogens is 272 g/mol. The van der Waals surface area contributed by atoms with Gasteiger partial charge in [0.05, 0.1) is 5.02 Å². The van der Waals surface area contributed by atoms with Gasteiger partial charge in [0.25, 0.3) is 0 Å². The first-order chi connectivity index (χ1) is 8.56. The van der Waals surface area contributed by atoms with Crippen LogP contribution in [-0.2, 0) is 0 Å². The van der Waals surface area contributed by atoms with Crippen LogP contribution in [0.25, 0.3) is 0 Å². The van der Waals surface area contributed by atoms with Crippen LogP contribution < -0.4 is 5.32 Å². The minimum absolute atomic E-state index is 0.0317. The Bertz CT molecular complexity index is 540. The van der Waals surface area contributed by atoms with Gasteiger partial charge >= 0.3 is 0 Å². The molecule has 0 spiro atoms. The highest BCUT2D eigenvalue weighted by Crippen LogP contribution is 2.24. The van der Waals surface area contributed by atoms with Crippen LogP contribution in [0.3, 0.4) is 0 Å². The van der Waals surface area contributed by atoms with E-state index in [4.69, 9.17) is 23.2 Å². The number of rotatable bonds is 3. The summed E-state index contributed by atoms with van der Waals surface area (Å²) >= 11 is 11.6. The third kappa shape index (κ3) is 3.15. The fourth-order valence-electron chi connectivity index (χ4n) is 1.66. The Kier molecular flexibility index (Phi) is 4.10. The lowest BCUT2D eigenvalue weighted by Gasteiger charge is -2.16. The number of anilines is 1. The normalized spacial score (nSPS) is 12.2. The van der Waals surface area contributed by atoms with Gasteiger partial charge in [0.1, 0.15) is 5.82 Å². The maximum Gasteiger partial charge on any atom is 0.141 e. The van der Waals surface area contributed by atoms with Gasteiger partial charge in [-0.25, -0.2) is 4.39 Å². The summed E-state index contributed by atoms with van der Waals surface area (Å²) < 4.78 is 13.1. The number of benzene rings is 2. The number of hydrogen-bond donors (Lipinski definition) is 1. The molecule has 0 saturated heterocycles. The summed E-state index contributed by atoms with van der Waals surface area (Å²) in [7, 11) is 0. The van der Waals surface area contributed by atoms with Crippen molar-refractivity contribution in [1.29, 1.82) is 0 Å². The van der Waals surface area contributed by atoms with Crippen LogP contribution >= 0.6 is 23.2 Å². The molecule has 0 bridgehead atoms. The molecule has 18 heavy (non-hydrogen) atoms. The maximum absolute atomic E-state index is 13.1. The fraction of sp³-hybridized carbons (Fsp3) is 0.143. The summed E-state index contributed by atoms with van der Waals surface area (Å²) in [6, 6.07) is 12.2.